The highest BCUT2D eigenvalue weighted by Crippen LogP contribution is 2.25. The molecular weight excluding hydrogens is 403 g/mol. The maximum atomic E-state index is 12.4. The summed E-state index contributed by atoms with van der Waals surface area (Å²) >= 11 is 1.49. The molecule has 3 N–H and O–H groups in total. The monoisotopic (exact) mass is 430 g/mol. The lowest BCUT2D eigenvalue weighted by molar-refractivity contribution is 0.0823. The summed E-state index contributed by atoms with van der Waals surface area (Å²) in [6.07, 6.45) is 1.78. The van der Waals surface area contributed by atoms with Crippen molar-refractivity contribution < 1.29 is 4.79 Å². The fraction of sp³-hybridized carbons (Fsp3) is 0.474. The molecule has 8 heteroatoms. The summed E-state index contributed by atoms with van der Waals surface area (Å²) in [6, 6.07) is 8.61. The van der Waals surface area contributed by atoms with Crippen LogP contribution in [-0.2, 0) is 19.4 Å². The summed E-state index contributed by atoms with van der Waals surface area (Å²) in [5, 5.41) is 5.77. The second-order valence-corrected chi connectivity index (χ2v) is 8.04. The number of thiazole rings is 1. The maximum absolute atomic E-state index is 12.4. The smallest absolute Gasteiger partial charge is 0.270 e. The van der Waals surface area contributed by atoms with E-state index < -0.39 is 0 Å². The molecule has 0 bridgehead atoms. The molecule has 0 fully saturated rings. The van der Waals surface area contributed by atoms with Gasteiger partial charge in [0.2, 0.25) is 0 Å². The number of aromatic nitrogens is 1. The quantitative estimate of drug-likeness (QED) is 0.738. The molecule has 0 saturated heterocycles. The molecule has 150 valence electrons. The Balaban J connectivity index is 0.00000182. The molecule has 3 rings (SSSR count). The lowest BCUT2D eigenvalue weighted by Crippen LogP contribution is -2.53. The number of nitrogens with two attached hydrogens (primary N) is 1. The first-order valence-corrected chi connectivity index (χ1v) is 9.62. The first kappa shape index (κ1) is 23.9. The Morgan fingerprint density at radius 3 is 2.70 bits per heavy atom. The highest BCUT2D eigenvalue weighted by molar-refractivity contribution is 7.09. The number of carbonyl (C=O) groups is 1. The van der Waals surface area contributed by atoms with Crippen molar-refractivity contribution in [3.05, 3.63) is 51.5 Å². The van der Waals surface area contributed by atoms with Crippen LogP contribution >= 0.6 is 36.2 Å². The minimum atomic E-state index is -0.112. The van der Waals surface area contributed by atoms with Crippen LogP contribution in [0.2, 0.25) is 0 Å². The molecule has 5 nitrogen and oxygen atoms in total. The van der Waals surface area contributed by atoms with Gasteiger partial charge in [0.25, 0.3) is 5.91 Å². The zero-order valence-corrected chi connectivity index (χ0v) is 18.2. The second-order valence-electron chi connectivity index (χ2n) is 7.10. The molecule has 2 aromatic rings. The van der Waals surface area contributed by atoms with E-state index in [-0.39, 0.29) is 36.3 Å². The normalized spacial score (nSPS) is 13.9. The van der Waals surface area contributed by atoms with E-state index in [2.05, 4.69) is 53.3 Å². The zero-order chi connectivity index (χ0) is 17.9. The van der Waals surface area contributed by atoms with E-state index in [0.29, 0.717) is 18.8 Å². The Bertz CT molecular complexity index is 751. The Kier molecular flexibility index (Phi) is 9.18. The van der Waals surface area contributed by atoms with Crippen LogP contribution in [0.5, 0.6) is 0 Å². The zero-order valence-electron chi connectivity index (χ0n) is 15.7. The van der Waals surface area contributed by atoms with Crippen molar-refractivity contribution in [3.63, 3.8) is 0 Å². The Morgan fingerprint density at radius 1 is 1.30 bits per heavy atom. The summed E-state index contributed by atoms with van der Waals surface area (Å²) in [7, 11) is 0. The van der Waals surface area contributed by atoms with Crippen molar-refractivity contribution >= 4 is 42.1 Å². The van der Waals surface area contributed by atoms with Gasteiger partial charge in [-0.2, -0.15) is 0 Å². The molecule has 0 unspecified atom stereocenters. The predicted molar refractivity (Wildman–Crippen MR) is 116 cm³/mol. The van der Waals surface area contributed by atoms with Crippen molar-refractivity contribution in [2.24, 2.45) is 5.73 Å². The van der Waals surface area contributed by atoms with Crippen molar-refractivity contribution in [1.82, 2.24) is 15.2 Å². The third kappa shape index (κ3) is 5.90. The largest absolute Gasteiger partial charge is 0.349 e. The Morgan fingerprint density at radius 2 is 2.00 bits per heavy atom. The number of rotatable bonds is 6. The predicted octanol–water partition coefficient (Wildman–Crippen LogP) is 3.05. The van der Waals surface area contributed by atoms with Crippen molar-refractivity contribution in [1.29, 1.82) is 0 Å². The number of nitrogens with zero attached hydrogens (tertiary/aromatic N) is 2. The van der Waals surface area contributed by atoms with Gasteiger partial charge in [-0.05, 0) is 37.9 Å². The molecule has 1 aromatic carbocycles. The summed E-state index contributed by atoms with van der Waals surface area (Å²) < 4.78 is 0. The molecule has 0 atom stereocenters. The fourth-order valence-corrected chi connectivity index (χ4v) is 3.96. The number of fused-ring (bicyclic) bond motifs is 1. The number of hydrogen-bond acceptors (Lipinski definition) is 5. The minimum absolute atomic E-state index is 0. The number of hydrogen-bond donors (Lipinski definition) is 2. The molecule has 0 aliphatic carbocycles. The van der Waals surface area contributed by atoms with Crippen molar-refractivity contribution in [2.45, 2.75) is 38.8 Å². The molecule has 1 aliphatic heterocycles. The van der Waals surface area contributed by atoms with Gasteiger partial charge in [-0.3, -0.25) is 9.69 Å². The topological polar surface area (TPSA) is 71.2 Å². The molecule has 1 amide bonds. The lowest BCUT2D eigenvalue weighted by atomic mass is 9.94. The van der Waals surface area contributed by atoms with Crippen molar-refractivity contribution in [3.8, 4) is 0 Å². The molecule has 0 saturated carbocycles. The van der Waals surface area contributed by atoms with Crippen LogP contribution in [0, 0.1) is 0 Å². The van der Waals surface area contributed by atoms with E-state index in [0.717, 1.165) is 30.9 Å². The van der Waals surface area contributed by atoms with Gasteiger partial charge in [-0.25, -0.2) is 4.98 Å². The van der Waals surface area contributed by atoms with Gasteiger partial charge in [-0.15, -0.1) is 36.2 Å². The van der Waals surface area contributed by atoms with Gasteiger partial charge in [0.1, 0.15) is 5.69 Å². The number of halogens is 2. The molecule has 1 aliphatic rings. The second kappa shape index (κ2) is 10.4. The molecule has 1 aromatic heterocycles. The standard InChI is InChI=1S/C19H26N4OS.2ClH/c1-19(2,23-10-8-14-5-3-4-6-15(14)11-23)13-21-18(24)16-12-25-17(22-16)7-9-20;;/h3-6,12H,7-11,13,20H2,1-2H3,(H,21,24);2*1H. The van der Waals surface area contributed by atoms with Crippen LogP contribution in [-0.4, -0.2) is 41.0 Å². The highest BCUT2D eigenvalue weighted by atomic mass is 35.5. The van der Waals surface area contributed by atoms with Gasteiger partial charge in [0, 0.05) is 37.0 Å². The van der Waals surface area contributed by atoms with Crippen LogP contribution in [0.1, 0.15) is 40.5 Å². The third-order valence-corrected chi connectivity index (χ3v) is 5.72. The lowest BCUT2D eigenvalue weighted by Gasteiger charge is -2.41. The summed E-state index contributed by atoms with van der Waals surface area (Å²) in [5.74, 6) is -0.106. The van der Waals surface area contributed by atoms with Crippen LogP contribution < -0.4 is 11.1 Å². The summed E-state index contributed by atoms with van der Waals surface area (Å²) in [4.78, 5) is 19.2. The van der Waals surface area contributed by atoms with Crippen LogP contribution in [0.15, 0.2) is 29.6 Å². The molecule has 0 radical (unpaired) electrons. The molecular formula is C19H28Cl2N4OS. The maximum Gasteiger partial charge on any atom is 0.270 e. The molecule has 2 heterocycles. The van der Waals surface area contributed by atoms with Gasteiger partial charge in [0.15, 0.2) is 0 Å². The van der Waals surface area contributed by atoms with Gasteiger partial charge < -0.3 is 11.1 Å². The van der Waals surface area contributed by atoms with E-state index in [9.17, 15) is 4.79 Å². The first-order valence-electron chi connectivity index (χ1n) is 8.74. The SMILES string of the molecule is CC(C)(CNC(=O)c1csc(CCN)n1)N1CCc2ccccc2C1.Cl.Cl. The minimum Gasteiger partial charge on any atom is -0.349 e. The number of amides is 1. The number of carbonyl (C=O) groups excluding carboxylic acids is 1. The molecule has 27 heavy (non-hydrogen) atoms. The highest BCUT2D eigenvalue weighted by Gasteiger charge is 2.30. The number of nitrogens with one attached hydrogen (secondary N) is 1. The van der Waals surface area contributed by atoms with Gasteiger partial charge in [0.05, 0.1) is 5.01 Å². The Hall–Kier alpha value is -1.18. The molecule has 0 spiro atoms. The average molecular weight is 431 g/mol. The van der Waals surface area contributed by atoms with E-state index in [1.165, 1.54) is 22.5 Å². The number of benzene rings is 1. The summed E-state index contributed by atoms with van der Waals surface area (Å²) in [6.45, 7) is 7.45. The van der Waals surface area contributed by atoms with Gasteiger partial charge >= 0.3 is 0 Å². The van der Waals surface area contributed by atoms with Crippen LogP contribution in [0.25, 0.3) is 0 Å². The van der Waals surface area contributed by atoms with Gasteiger partial charge in [-0.1, -0.05) is 24.3 Å². The fourth-order valence-electron chi connectivity index (χ4n) is 3.16. The average Bonchev–Trinajstić information content (AvgIpc) is 3.08. The Labute approximate surface area is 177 Å². The third-order valence-electron chi connectivity index (χ3n) is 4.81. The summed E-state index contributed by atoms with van der Waals surface area (Å²) in [5.41, 5.74) is 8.75. The van der Waals surface area contributed by atoms with E-state index >= 15 is 0 Å². The van der Waals surface area contributed by atoms with Crippen molar-refractivity contribution in [2.75, 3.05) is 19.6 Å². The van der Waals surface area contributed by atoms with Crippen LogP contribution in [0.4, 0.5) is 0 Å². The van der Waals surface area contributed by atoms with Crippen LogP contribution in [0.3, 0.4) is 0 Å². The van der Waals surface area contributed by atoms with E-state index in [1.807, 2.05) is 5.38 Å². The first-order chi connectivity index (χ1) is 12.0. The van der Waals surface area contributed by atoms with E-state index in [1.54, 1.807) is 0 Å². The van der Waals surface area contributed by atoms with E-state index in [4.69, 9.17) is 5.73 Å².